The molecule has 3 N–H and O–H groups in total. The van der Waals surface area contributed by atoms with Gasteiger partial charge in [-0.05, 0) is 18.9 Å². The first-order valence-electron chi connectivity index (χ1n) is 10.8. The Morgan fingerprint density at radius 1 is 1.14 bits per heavy atom. The van der Waals surface area contributed by atoms with Crippen molar-refractivity contribution in [2.24, 2.45) is 16.1 Å². The van der Waals surface area contributed by atoms with Gasteiger partial charge in [-0.2, -0.15) is 0 Å². The Morgan fingerprint density at radius 3 is 2.75 bits per heavy atom. The van der Waals surface area contributed by atoms with Gasteiger partial charge in [0.05, 0.1) is 25.9 Å². The van der Waals surface area contributed by atoms with Gasteiger partial charge in [0.15, 0.2) is 5.96 Å². The molecule has 154 valence electrons. The molecule has 1 aromatic rings. The molecule has 28 heavy (non-hydrogen) atoms. The lowest BCUT2D eigenvalue weighted by atomic mass is 9.73. The van der Waals surface area contributed by atoms with E-state index in [1.165, 1.54) is 37.7 Å². The van der Waals surface area contributed by atoms with Gasteiger partial charge < -0.3 is 20.5 Å². The van der Waals surface area contributed by atoms with Crippen molar-refractivity contribution < 1.29 is 9.47 Å². The van der Waals surface area contributed by atoms with Crippen LogP contribution < -0.4 is 15.8 Å². The summed E-state index contributed by atoms with van der Waals surface area (Å²) in [5.41, 5.74) is 7.77. The van der Waals surface area contributed by atoms with E-state index < -0.39 is 0 Å². The number of guanidine groups is 1. The molecular formula is C22H34N4O2. The van der Waals surface area contributed by atoms with Crippen LogP contribution in [0.3, 0.4) is 0 Å². The quantitative estimate of drug-likeness (QED) is 0.601. The zero-order valence-corrected chi connectivity index (χ0v) is 16.9. The van der Waals surface area contributed by atoms with Crippen LogP contribution in [0.15, 0.2) is 29.3 Å². The summed E-state index contributed by atoms with van der Waals surface area (Å²) in [6, 6.07) is 8.37. The van der Waals surface area contributed by atoms with Gasteiger partial charge in [0, 0.05) is 43.6 Å². The Bertz CT molecular complexity index is 666. The number of benzene rings is 1. The summed E-state index contributed by atoms with van der Waals surface area (Å²) in [5.74, 6) is 1.52. The fourth-order valence-electron chi connectivity index (χ4n) is 4.87. The van der Waals surface area contributed by atoms with Gasteiger partial charge >= 0.3 is 0 Å². The van der Waals surface area contributed by atoms with Crippen molar-refractivity contribution in [2.75, 3.05) is 46.0 Å². The standard InChI is InChI=1S/C22H34N4O2/c23-21(25-19-8-13-28-20-7-3-2-6-18(19)20)24-16-22(9-4-1-5-10-22)17-26-11-14-27-15-12-26/h2-3,6-7,19H,1,4-5,8-17H2,(H3,23,24,25). The van der Waals surface area contributed by atoms with Crippen molar-refractivity contribution in [3.05, 3.63) is 29.8 Å². The Hall–Kier alpha value is -1.79. The molecule has 2 heterocycles. The third-order valence-electron chi connectivity index (χ3n) is 6.44. The number of hydrogen-bond donors (Lipinski definition) is 2. The predicted octanol–water partition coefficient (Wildman–Crippen LogP) is 2.70. The second kappa shape index (κ2) is 9.14. The highest BCUT2D eigenvalue weighted by atomic mass is 16.5. The summed E-state index contributed by atoms with van der Waals surface area (Å²) >= 11 is 0. The molecule has 1 saturated carbocycles. The van der Waals surface area contributed by atoms with Crippen molar-refractivity contribution in [3.63, 3.8) is 0 Å². The van der Waals surface area contributed by atoms with Crippen LogP contribution in [0.2, 0.25) is 0 Å². The molecule has 1 saturated heterocycles. The molecule has 0 bridgehead atoms. The molecule has 0 spiro atoms. The van der Waals surface area contributed by atoms with Crippen LogP contribution in [0.25, 0.3) is 0 Å². The fourth-order valence-corrected chi connectivity index (χ4v) is 4.87. The maximum absolute atomic E-state index is 6.34. The summed E-state index contributed by atoms with van der Waals surface area (Å²) in [6.45, 7) is 6.43. The van der Waals surface area contributed by atoms with E-state index in [0.717, 1.165) is 51.6 Å². The number of nitrogens with two attached hydrogens (primary N) is 1. The Balaban J connectivity index is 1.40. The van der Waals surface area contributed by atoms with Gasteiger partial charge in [-0.1, -0.05) is 37.5 Å². The van der Waals surface area contributed by atoms with Gasteiger partial charge in [0.2, 0.25) is 0 Å². The number of nitrogens with one attached hydrogen (secondary N) is 1. The summed E-state index contributed by atoms with van der Waals surface area (Å²) in [4.78, 5) is 7.40. The minimum Gasteiger partial charge on any atom is -0.493 e. The van der Waals surface area contributed by atoms with Gasteiger partial charge in [0.25, 0.3) is 0 Å². The van der Waals surface area contributed by atoms with Crippen molar-refractivity contribution in [2.45, 2.75) is 44.6 Å². The van der Waals surface area contributed by atoms with Gasteiger partial charge in [-0.3, -0.25) is 9.89 Å². The van der Waals surface area contributed by atoms with Crippen LogP contribution in [-0.4, -0.2) is 56.9 Å². The number of nitrogens with zero attached hydrogens (tertiary/aromatic N) is 2. The topological polar surface area (TPSA) is 72.1 Å². The summed E-state index contributed by atoms with van der Waals surface area (Å²) in [7, 11) is 0. The third kappa shape index (κ3) is 4.78. The Labute approximate surface area is 168 Å². The second-order valence-electron chi connectivity index (χ2n) is 8.52. The van der Waals surface area contributed by atoms with E-state index in [0.29, 0.717) is 12.6 Å². The van der Waals surface area contributed by atoms with Crippen LogP contribution in [0, 0.1) is 5.41 Å². The molecule has 6 nitrogen and oxygen atoms in total. The number of fused-ring (bicyclic) bond motifs is 1. The lowest BCUT2D eigenvalue weighted by Crippen LogP contribution is -2.46. The van der Waals surface area contributed by atoms with E-state index in [2.05, 4.69) is 22.3 Å². The van der Waals surface area contributed by atoms with E-state index in [4.69, 9.17) is 20.2 Å². The van der Waals surface area contributed by atoms with Crippen LogP contribution in [-0.2, 0) is 4.74 Å². The molecule has 3 aliphatic rings. The Morgan fingerprint density at radius 2 is 1.93 bits per heavy atom. The van der Waals surface area contributed by atoms with Crippen LogP contribution in [0.5, 0.6) is 5.75 Å². The van der Waals surface area contributed by atoms with E-state index in [9.17, 15) is 0 Å². The first-order chi connectivity index (χ1) is 13.7. The number of para-hydroxylation sites is 1. The van der Waals surface area contributed by atoms with Crippen molar-refractivity contribution >= 4 is 5.96 Å². The zero-order valence-electron chi connectivity index (χ0n) is 16.9. The molecule has 4 rings (SSSR count). The summed E-state index contributed by atoms with van der Waals surface area (Å²) in [5, 5.41) is 3.45. The highest BCUT2D eigenvalue weighted by molar-refractivity contribution is 5.78. The lowest BCUT2D eigenvalue weighted by molar-refractivity contribution is 0.00938. The minimum absolute atomic E-state index is 0.176. The summed E-state index contributed by atoms with van der Waals surface area (Å²) < 4.78 is 11.3. The molecule has 1 aromatic carbocycles. The highest BCUT2D eigenvalue weighted by Gasteiger charge is 2.34. The molecule has 0 radical (unpaired) electrons. The van der Waals surface area contributed by atoms with Crippen molar-refractivity contribution in [3.8, 4) is 5.75 Å². The normalized spacial score (nSPS) is 25.6. The summed E-state index contributed by atoms with van der Waals surface area (Å²) in [6.07, 6.45) is 7.37. The highest BCUT2D eigenvalue weighted by Crippen LogP contribution is 2.38. The van der Waals surface area contributed by atoms with E-state index >= 15 is 0 Å². The molecule has 0 amide bonds. The van der Waals surface area contributed by atoms with Crippen LogP contribution >= 0.6 is 0 Å². The van der Waals surface area contributed by atoms with E-state index in [-0.39, 0.29) is 11.5 Å². The van der Waals surface area contributed by atoms with Gasteiger partial charge in [0.1, 0.15) is 5.75 Å². The number of aliphatic imine (C=N–C) groups is 1. The van der Waals surface area contributed by atoms with Gasteiger partial charge in [-0.15, -0.1) is 0 Å². The third-order valence-corrected chi connectivity index (χ3v) is 6.44. The van der Waals surface area contributed by atoms with Crippen LogP contribution in [0.4, 0.5) is 0 Å². The molecule has 1 unspecified atom stereocenters. The number of rotatable bonds is 5. The van der Waals surface area contributed by atoms with Gasteiger partial charge in [-0.25, -0.2) is 0 Å². The second-order valence-corrected chi connectivity index (χ2v) is 8.52. The average Bonchev–Trinajstić information content (AvgIpc) is 2.74. The van der Waals surface area contributed by atoms with Crippen LogP contribution in [0.1, 0.15) is 50.1 Å². The fraction of sp³-hybridized carbons (Fsp3) is 0.682. The zero-order chi connectivity index (χ0) is 19.2. The first kappa shape index (κ1) is 19.5. The lowest BCUT2D eigenvalue weighted by Gasteiger charge is -2.41. The SMILES string of the molecule is NC(=NCC1(CN2CCOCC2)CCCCC1)NC1CCOc2ccccc21. The molecule has 2 fully saturated rings. The molecule has 0 aromatic heterocycles. The molecular weight excluding hydrogens is 352 g/mol. The molecule has 1 aliphatic carbocycles. The predicted molar refractivity (Wildman–Crippen MR) is 112 cm³/mol. The maximum atomic E-state index is 6.34. The minimum atomic E-state index is 0.176. The Kier molecular flexibility index (Phi) is 6.37. The number of morpholine rings is 1. The average molecular weight is 387 g/mol. The number of ether oxygens (including phenoxy) is 2. The largest absolute Gasteiger partial charge is 0.493 e. The maximum Gasteiger partial charge on any atom is 0.189 e. The van der Waals surface area contributed by atoms with E-state index in [1.54, 1.807) is 0 Å². The first-order valence-corrected chi connectivity index (χ1v) is 10.8. The molecule has 1 atom stereocenters. The number of hydrogen-bond acceptors (Lipinski definition) is 4. The van der Waals surface area contributed by atoms with Crippen molar-refractivity contribution in [1.82, 2.24) is 10.2 Å². The molecule has 2 aliphatic heterocycles. The monoisotopic (exact) mass is 386 g/mol. The van der Waals surface area contributed by atoms with Crippen molar-refractivity contribution in [1.29, 1.82) is 0 Å². The molecule has 6 heteroatoms. The van der Waals surface area contributed by atoms with E-state index in [1.807, 2.05) is 12.1 Å². The smallest absolute Gasteiger partial charge is 0.189 e.